The number of hydrogen-bond acceptors (Lipinski definition) is 5. The van der Waals surface area contributed by atoms with E-state index < -0.39 is 15.4 Å². The van der Waals surface area contributed by atoms with Crippen molar-refractivity contribution in [1.29, 1.82) is 0 Å². The van der Waals surface area contributed by atoms with E-state index in [1.165, 1.54) is 17.0 Å². The molecule has 1 N–H and O–H groups in total. The third-order valence-electron chi connectivity index (χ3n) is 2.56. The SMILES string of the molecule is CCn1ncc(NC2C=CS(=O)(=O)C2)c(Cl)c1=O. The molecular formula is C10H12ClN3O3S. The Morgan fingerprint density at radius 3 is 2.89 bits per heavy atom. The molecule has 8 heteroatoms. The topological polar surface area (TPSA) is 81.1 Å². The highest BCUT2D eigenvalue weighted by atomic mass is 35.5. The van der Waals surface area contributed by atoms with Crippen LogP contribution in [0.25, 0.3) is 0 Å². The minimum absolute atomic E-state index is 0.0181. The number of rotatable bonds is 3. The van der Waals surface area contributed by atoms with Crippen LogP contribution in [-0.4, -0.2) is 30.0 Å². The summed E-state index contributed by atoms with van der Waals surface area (Å²) in [5, 5.41) is 7.97. The summed E-state index contributed by atoms with van der Waals surface area (Å²) in [6.45, 7) is 2.21. The van der Waals surface area contributed by atoms with Gasteiger partial charge in [0.15, 0.2) is 9.84 Å². The van der Waals surface area contributed by atoms with Crippen LogP contribution in [0.1, 0.15) is 6.92 Å². The van der Waals surface area contributed by atoms with Crippen LogP contribution in [0.15, 0.2) is 22.5 Å². The number of sulfone groups is 1. The molecule has 0 bridgehead atoms. The van der Waals surface area contributed by atoms with E-state index >= 15 is 0 Å². The van der Waals surface area contributed by atoms with Crippen LogP contribution in [0.2, 0.25) is 5.02 Å². The van der Waals surface area contributed by atoms with E-state index in [9.17, 15) is 13.2 Å². The highest BCUT2D eigenvalue weighted by Crippen LogP contribution is 2.19. The Morgan fingerprint density at radius 2 is 2.33 bits per heavy atom. The van der Waals surface area contributed by atoms with Crippen LogP contribution in [0.4, 0.5) is 5.69 Å². The number of nitrogens with one attached hydrogen (secondary N) is 1. The van der Waals surface area contributed by atoms with Gasteiger partial charge < -0.3 is 5.32 Å². The molecule has 0 aromatic carbocycles. The molecule has 0 saturated carbocycles. The molecule has 0 aliphatic carbocycles. The average molecular weight is 290 g/mol. The van der Waals surface area contributed by atoms with Gasteiger partial charge in [0.2, 0.25) is 0 Å². The predicted octanol–water partition coefficient (Wildman–Crippen LogP) is 0.639. The molecule has 1 aliphatic heterocycles. The number of nitrogens with zero attached hydrogens (tertiary/aromatic N) is 2. The maximum atomic E-state index is 11.7. The molecule has 0 spiro atoms. The Kier molecular flexibility index (Phi) is 3.45. The van der Waals surface area contributed by atoms with E-state index in [1.807, 2.05) is 0 Å². The number of halogens is 1. The zero-order chi connectivity index (χ0) is 13.3. The largest absolute Gasteiger partial charge is 0.375 e. The van der Waals surface area contributed by atoms with Crippen molar-refractivity contribution in [2.45, 2.75) is 19.5 Å². The first-order valence-corrected chi connectivity index (χ1v) is 7.45. The lowest BCUT2D eigenvalue weighted by molar-refractivity contribution is 0.605. The summed E-state index contributed by atoms with van der Waals surface area (Å²) < 4.78 is 23.7. The molecule has 0 fully saturated rings. The molecule has 18 heavy (non-hydrogen) atoms. The Balaban J connectivity index is 2.24. The second-order valence-electron chi connectivity index (χ2n) is 3.90. The van der Waals surface area contributed by atoms with Crippen LogP contribution in [0.3, 0.4) is 0 Å². The third-order valence-corrected chi connectivity index (χ3v) is 4.32. The lowest BCUT2D eigenvalue weighted by Gasteiger charge is -2.13. The van der Waals surface area contributed by atoms with Crippen LogP contribution in [-0.2, 0) is 16.4 Å². The van der Waals surface area contributed by atoms with Gasteiger partial charge in [-0.2, -0.15) is 5.10 Å². The summed E-state index contributed by atoms with van der Waals surface area (Å²) in [4.78, 5) is 11.7. The molecule has 2 heterocycles. The van der Waals surface area contributed by atoms with E-state index in [4.69, 9.17) is 11.6 Å². The van der Waals surface area contributed by atoms with Gasteiger partial charge in [0, 0.05) is 12.0 Å². The van der Waals surface area contributed by atoms with Crippen LogP contribution in [0, 0.1) is 0 Å². The predicted molar refractivity (Wildman–Crippen MR) is 69.5 cm³/mol. The molecule has 1 atom stereocenters. The molecule has 0 saturated heterocycles. The van der Waals surface area contributed by atoms with E-state index in [2.05, 4.69) is 10.4 Å². The second-order valence-corrected chi connectivity index (χ2v) is 6.21. The molecule has 98 valence electrons. The normalized spacial score (nSPS) is 21.1. The number of aromatic nitrogens is 2. The molecule has 6 nitrogen and oxygen atoms in total. The summed E-state index contributed by atoms with van der Waals surface area (Å²) in [6, 6.07) is -0.383. The second kappa shape index (κ2) is 4.74. The maximum absolute atomic E-state index is 11.7. The fourth-order valence-electron chi connectivity index (χ4n) is 1.66. The van der Waals surface area contributed by atoms with Gasteiger partial charge in [-0.3, -0.25) is 4.79 Å². The van der Waals surface area contributed by atoms with E-state index in [1.54, 1.807) is 6.92 Å². The van der Waals surface area contributed by atoms with Gasteiger partial charge in [-0.05, 0) is 6.92 Å². The van der Waals surface area contributed by atoms with Crippen LogP contribution < -0.4 is 10.9 Å². The standard InChI is InChI=1S/C10H12ClN3O3S/c1-2-14-10(15)9(11)8(5-12-14)13-7-3-4-18(16,17)6-7/h3-5,7,13H,2,6H2,1H3. The Bertz CT molecular complexity index is 651. The molecule has 1 aliphatic rings. The van der Waals surface area contributed by atoms with Gasteiger partial charge in [-0.25, -0.2) is 13.1 Å². The highest BCUT2D eigenvalue weighted by Gasteiger charge is 2.22. The van der Waals surface area contributed by atoms with Gasteiger partial charge in [0.05, 0.1) is 23.7 Å². The fraction of sp³-hybridized carbons (Fsp3) is 0.400. The monoisotopic (exact) mass is 289 g/mol. The molecule has 1 aromatic heterocycles. The summed E-state index contributed by atoms with van der Waals surface area (Å²) in [7, 11) is -3.14. The first-order valence-electron chi connectivity index (χ1n) is 5.36. The van der Waals surface area contributed by atoms with Gasteiger partial charge in [-0.15, -0.1) is 0 Å². The number of aryl methyl sites for hydroxylation is 1. The first kappa shape index (κ1) is 13.1. The zero-order valence-electron chi connectivity index (χ0n) is 9.63. The molecular weight excluding hydrogens is 278 g/mol. The van der Waals surface area contributed by atoms with Crippen molar-refractivity contribution in [3.63, 3.8) is 0 Å². The number of hydrogen-bond donors (Lipinski definition) is 1. The van der Waals surface area contributed by atoms with Crippen molar-refractivity contribution < 1.29 is 8.42 Å². The van der Waals surface area contributed by atoms with Crippen molar-refractivity contribution in [2.75, 3.05) is 11.1 Å². The van der Waals surface area contributed by atoms with Crippen molar-refractivity contribution in [3.8, 4) is 0 Å². The molecule has 0 radical (unpaired) electrons. The highest BCUT2D eigenvalue weighted by molar-refractivity contribution is 7.94. The Hall–Kier alpha value is -1.34. The van der Waals surface area contributed by atoms with Crippen molar-refractivity contribution in [1.82, 2.24) is 9.78 Å². The van der Waals surface area contributed by atoms with Gasteiger partial charge >= 0.3 is 0 Å². The lowest BCUT2D eigenvalue weighted by Crippen LogP contribution is -2.26. The fourth-order valence-corrected chi connectivity index (χ4v) is 3.09. The average Bonchev–Trinajstić information content (AvgIpc) is 2.65. The number of anilines is 1. The van der Waals surface area contributed by atoms with Gasteiger partial charge in [0.25, 0.3) is 5.56 Å². The summed E-state index contributed by atoms with van der Waals surface area (Å²) in [6.07, 6.45) is 2.95. The molecule has 1 aromatic rings. The van der Waals surface area contributed by atoms with Gasteiger partial charge in [0.1, 0.15) is 5.02 Å². The molecule has 2 rings (SSSR count). The van der Waals surface area contributed by atoms with Crippen LogP contribution in [0.5, 0.6) is 0 Å². The Morgan fingerprint density at radius 1 is 1.61 bits per heavy atom. The molecule has 1 unspecified atom stereocenters. The third kappa shape index (κ3) is 2.56. The van der Waals surface area contributed by atoms with Crippen LogP contribution >= 0.6 is 11.6 Å². The maximum Gasteiger partial charge on any atom is 0.287 e. The summed E-state index contributed by atoms with van der Waals surface area (Å²) in [5.74, 6) is -0.0415. The summed E-state index contributed by atoms with van der Waals surface area (Å²) >= 11 is 5.92. The minimum atomic E-state index is -3.14. The molecule has 0 amide bonds. The van der Waals surface area contributed by atoms with Crippen molar-refractivity contribution >= 4 is 27.1 Å². The lowest BCUT2D eigenvalue weighted by atomic mass is 10.3. The van der Waals surface area contributed by atoms with Gasteiger partial charge in [-0.1, -0.05) is 17.7 Å². The van der Waals surface area contributed by atoms with Crippen molar-refractivity contribution in [2.24, 2.45) is 0 Å². The zero-order valence-corrected chi connectivity index (χ0v) is 11.2. The smallest absolute Gasteiger partial charge is 0.287 e. The Labute approximate surface area is 109 Å². The first-order chi connectivity index (χ1) is 8.43. The quantitative estimate of drug-likeness (QED) is 0.883. The minimum Gasteiger partial charge on any atom is -0.375 e. The summed E-state index contributed by atoms with van der Waals surface area (Å²) in [5.41, 5.74) is -0.0490. The van der Waals surface area contributed by atoms with Crippen molar-refractivity contribution in [3.05, 3.63) is 33.1 Å². The van der Waals surface area contributed by atoms with E-state index in [-0.39, 0.29) is 16.8 Å². The van der Waals surface area contributed by atoms with E-state index in [0.29, 0.717) is 12.2 Å². The van der Waals surface area contributed by atoms with E-state index in [0.717, 1.165) is 5.41 Å².